The van der Waals surface area contributed by atoms with E-state index in [0.29, 0.717) is 0 Å². The fourth-order valence-corrected chi connectivity index (χ4v) is 4.86. The van der Waals surface area contributed by atoms with Gasteiger partial charge in [0.05, 0.1) is 18.3 Å². The first-order valence-electron chi connectivity index (χ1n) is 8.91. The van der Waals surface area contributed by atoms with Gasteiger partial charge in [-0.3, -0.25) is 9.36 Å². The van der Waals surface area contributed by atoms with Gasteiger partial charge in [-0.05, 0) is 49.8 Å². The topological polar surface area (TPSA) is 64.3 Å². The van der Waals surface area contributed by atoms with E-state index in [2.05, 4.69) is 4.98 Å². The zero-order valence-electron chi connectivity index (χ0n) is 15.0. The van der Waals surface area contributed by atoms with E-state index in [0.717, 1.165) is 51.9 Å². The molecule has 0 fully saturated rings. The Labute approximate surface area is 155 Å². The van der Waals surface area contributed by atoms with Gasteiger partial charge in [-0.15, -0.1) is 11.3 Å². The van der Waals surface area contributed by atoms with E-state index in [4.69, 9.17) is 4.74 Å². The van der Waals surface area contributed by atoms with Crippen LogP contribution in [-0.4, -0.2) is 27.4 Å². The molecule has 4 rings (SSSR count). The number of ether oxygens (including phenoxy) is 1. The van der Waals surface area contributed by atoms with Crippen LogP contribution in [-0.2, 0) is 19.4 Å². The first-order chi connectivity index (χ1) is 12.5. The fourth-order valence-electron chi connectivity index (χ4n) is 3.64. The Morgan fingerprint density at radius 2 is 2.08 bits per heavy atom. The Hall–Kier alpha value is -2.18. The number of nitrogens with zero attached hydrogens (tertiary/aromatic N) is 2. The third-order valence-electron chi connectivity index (χ3n) is 4.93. The number of aromatic nitrogens is 2. The molecule has 0 saturated carbocycles. The first-order valence-corrected chi connectivity index (χ1v) is 9.73. The lowest BCUT2D eigenvalue weighted by Gasteiger charge is -2.16. The van der Waals surface area contributed by atoms with Gasteiger partial charge in [0, 0.05) is 4.88 Å². The first kappa shape index (κ1) is 17.2. The molecule has 136 valence electrons. The van der Waals surface area contributed by atoms with Crippen LogP contribution in [0.3, 0.4) is 0 Å². The normalized spacial score (nSPS) is 14.6. The average Bonchev–Trinajstić information content (AvgIpc) is 3.18. The number of hydrogen-bond donors (Lipinski definition) is 1. The smallest absolute Gasteiger partial charge is 0.262 e. The van der Waals surface area contributed by atoms with Crippen molar-refractivity contribution in [3.63, 3.8) is 0 Å². The van der Waals surface area contributed by atoms with Crippen molar-refractivity contribution in [1.29, 1.82) is 0 Å². The maximum atomic E-state index is 12.8. The van der Waals surface area contributed by atoms with Crippen LogP contribution in [0, 0.1) is 13.8 Å². The summed E-state index contributed by atoms with van der Waals surface area (Å²) in [6.07, 6.45) is 3.87. The second-order valence-electron chi connectivity index (χ2n) is 6.93. The maximum Gasteiger partial charge on any atom is 0.262 e. The molecule has 26 heavy (non-hydrogen) atoms. The summed E-state index contributed by atoms with van der Waals surface area (Å²) in [5, 5.41) is 11.1. The molecular weight excluding hydrogens is 348 g/mol. The number of aliphatic hydroxyl groups excluding tert-OH is 1. The van der Waals surface area contributed by atoms with Gasteiger partial charge in [0.25, 0.3) is 5.56 Å². The van der Waals surface area contributed by atoms with Gasteiger partial charge in [0.15, 0.2) is 0 Å². The van der Waals surface area contributed by atoms with Gasteiger partial charge >= 0.3 is 0 Å². The quantitative estimate of drug-likeness (QED) is 0.750. The van der Waals surface area contributed by atoms with Crippen LogP contribution in [0.15, 0.2) is 29.3 Å². The zero-order valence-corrected chi connectivity index (χ0v) is 15.8. The highest BCUT2D eigenvalue weighted by atomic mass is 32.1. The Morgan fingerprint density at radius 3 is 2.85 bits per heavy atom. The molecule has 1 aromatic carbocycles. The SMILES string of the molecule is Cc1cccc(C)c1OCC(O)Cn1cnc2sc3c(c2c1=O)CCC3. The van der Waals surface area contributed by atoms with Gasteiger partial charge in [-0.25, -0.2) is 4.98 Å². The molecule has 2 heterocycles. The lowest BCUT2D eigenvalue weighted by atomic mass is 10.1. The number of hydrogen-bond acceptors (Lipinski definition) is 5. The molecule has 5 nitrogen and oxygen atoms in total. The minimum absolute atomic E-state index is 0.0551. The third kappa shape index (κ3) is 3.04. The monoisotopic (exact) mass is 370 g/mol. The molecule has 1 N–H and O–H groups in total. The number of aryl methyl sites for hydroxylation is 4. The van der Waals surface area contributed by atoms with Crippen molar-refractivity contribution < 1.29 is 9.84 Å². The van der Waals surface area contributed by atoms with Gasteiger partial charge in [0.1, 0.15) is 23.3 Å². The maximum absolute atomic E-state index is 12.8. The van der Waals surface area contributed by atoms with Gasteiger partial charge in [0.2, 0.25) is 0 Å². The number of benzene rings is 1. The van der Waals surface area contributed by atoms with Crippen LogP contribution in [0.1, 0.15) is 28.0 Å². The van der Waals surface area contributed by atoms with Crippen molar-refractivity contribution in [1.82, 2.24) is 9.55 Å². The molecule has 1 atom stereocenters. The minimum atomic E-state index is -0.780. The largest absolute Gasteiger partial charge is 0.490 e. The fraction of sp³-hybridized carbons (Fsp3) is 0.400. The predicted octanol–water partition coefficient (Wildman–Crippen LogP) is 3.00. The van der Waals surface area contributed by atoms with Gasteiger partial charge in [-0.2, -0.15) is 0 Å². The number of aliphatic hydroxyl groups is 1. The molecule has 0 bridgehead atoms. The lowest BCUT2D eigenvalue weighted by molar-refractivity contribution is 0.0908. The van der Waals surface area contributed by atoms with Gasteiger partial charge < -0.3 is 9.84 Å². The summed E-state index contributed by atoms with van der Waals surface area (Å²) >= 11 is 1.63. The summed E-state index contributed by atoms with van der Waals surface area (Å²) in [7, 11) is 0. The number of rotatable bonds is 5. The summed E-state index contributed by atoms with van der Waals surface area (Å²) in [5.74, 6) is 0.795. The molecule has 0 amide bonds. The lowest BCUT2D eigenvalue weighted by Crippen LogP contribution is -2.30. The molecule has 0 saturated heterocycles. The van der Waals surface area contributed by atoms with Crippen molar-refractivity contribution in [2.75, 3.05) is 6.61 Å². The zero-order chi connectivity index (χ0) is 18.3. The molecule has 0 aliphatic heterocycles. The highest BCUT2D eigenvalue weighted by Gasteiger charge is 2.21. The molecule has 6 heteroatoms. The van der Waals surface area contributed by atoms with Crippen LogP contribution >= 0.6 is 11.3 Å². The molecular formula is C20H22N2O3S. The Balaban J connectivity index is 1.52. The summed E-state index contributed by atoms with van der Waals surface area (Å²) in [4.78, 5) is 19.4. The van der Waals surface area contributed by atoms with E-state index in [1.807, 2.05) is 32.0 Å². The third-order valence-corrected chi connectivity index (χ3v) is 6.13. The van der Waals surface area contributed by atoms with Crippen molar-refractivity contribution >= 4 is 21.6 Å². The van der Waals surface area contributed by atoms with Crippen LogP contribution in [0.4, 0.5) is 0 Å². The Morgan fingerprint density at radius 1 is 1.31 bits per heavy atom. The molecule has 0 spiro atoms. The van der Waals surface area contributed by atoms with E-state index in [1.165, 1.54) is 9.44 Å². The molecule has 1 aliphatic rings. The van der Waals surface area contributed by atoms with Crippen molar-refractivity contribution in [3.8, 4) is 5.75 Å². The summed E-state index contributed by atoms with van der Waals surface area (Å²) < 4.78 is 7.31. The predicted molar refractivity (Wildman–Crippen MR) is 103 cm³/mol. The Bertz CT molecular complexity index is 1000. The standard InChI is InChI=1S/C20H22N2O3S/c1-12-5-3-6-13(2)18(12)25-10-14(23)9-22-11-21-19-17(20(22)24)15-7-4-8-16(15)26-19/h3,5-6,11,14,23H,4,7-10H2,1-2H3. The van der Waals surface area contributed by atoms with Crippen molar-refractivity contribution in [3.05, 3.63) is 56.4 Å². The van der Waals surface area contributed by atoms with E-state index < -0.39 is 6.10 Å². The van der Waals surface area contributed by atoms with Crippen LogP contribution in [0.2, 0.25) is 0 Å². The summed E-state index contributed by atoms with van der Waals surface area (Å²) in [6.45, 7) is 4.28. The number of thiophene rings is 1. The average molecular weight is 370 g/mol. The van der Waals surface area contributed by atoms with Gasteiger partial charge in [-0.1, -0.05) is 18.2 Å². The van der Waals surface area contributed by atoms with E-state index >= 15 is 0 Å². The summed E-state index contributed by atoms with van der Waals surface area (Å²) in [5.41, 5.74) is 3.18. The Kier molecular flexibility index (Phi) is 4.54. The molecule has 1 unspecified atom stereocenters. The van der Waals surface area contributed by atoms with Crippen LogP contribution < -0.4 is 10.3 Å². The molecule has 0 radical (unpaired) electrons. The minimum Gasteiger partial charge on any atom is -0.490 e. The van der Waals surface area contributed by atoms with E-state index in [9.17, 15) is 9.90 Å². The second-order valence-corrected chi connectivity index (χ2v) is 8.01. The van der Waals surface area contributed by atoms with Crippen LogP contribution in [0.25, 0.3) is 10.2 Å². The second kappa shape index (κ2) is 6.85. The molecule has 2 aromatic heterocycles. The molecule has 1 aliphatic carbocycles. The number of para-hydroxylation sites is 1. The highest BCUT2D eigenvalue weighted by molar-refractivity contribution is 7.18. The molecule has 3 aromatic rings. The van der Waals surface area contributed by atoms with Crippen molar-refractivity contribution in [2.45, 2.75) is 45.8 Å². The van der Waals surface area contributed by atoms with Crippen molar-refractivity contribution in [2.24, 2.45) is 0 Å². The van der Waals surface area contributed by atoms with E-state index in [-0.39, 0.29) is 18.7 Å². The summed E-state index contributed by atoms with van der Waals surface area (Å²) in [6, 6.07) is 5.94. The number of fused-ring (bicyclic) bond motifs is 3. The highest BCUT2D eigenvalue weighted by Crippen LogP contribution is 2.34. The van der Waals surface area contributed by atoms with E-state index in [1.54, 1.807) is 17.7 Å². The van der Waals surface area contributed by atoms with Crippen LogP contribution in [0.5, 0.6) is 5.75 Å².